The fraction of sp³-hybridized carbons (Fsp3) is 0.568. The molecular formula is C37H56O5Si2. The highest BCUT2D eigenvalue weighted by molar-refractivity contribution is 6.99. The zero-order chi connectivity index (χ0) is 33.0. The van der Waals surface area contributed by atoms with Gasteiger partial charge in [-0.15, -0.1) is 0 Å². The van der Waals surface area contributed by atoms with E-state index in [1.165, 1.54) is 17.3 Å². The number of carbonyl (C=O) groups is 2. The molecule has 0 saturated carbocycles. The van der Waals surface area contributed by atoms with Gasteiger partial charge in [0.2, 0.25) is 0 Å². The van der Waals surface area contributed by atoms with Crippen LogP contribution in [0.15, 0.2) is 72.3 Å². The molecule has 0 amide bonds. The molecule has 7 heteroatoms. The smallest absolute Gasteiger partial charge is 0.303 e. The van der Waals surface area contributed by atoms with Crippen LogP contribution in [0.2, 0.25) is 23.2 Å². The molecule has 1 aliphatic carbocycles. The number of carbonyl (C=O) groups excluding carboxylic acids is 2. The van der Waals surface area contributed by atoms with Crippen molar-refractivity contribution >= 4 is 39.3 Å². The van der Waals surface area contributed by atoms with E-state index < -0.39 is 33.6 Å². The highest BCUT2D eigenvalue weighted by atomic mass is 28.4. The molecule has 242 valence electrons. The third-order valence-electron chi connectivity index (χ3n) is 10.2. The molecule has 0 saturated heterocycles. The molecule has 0 heterocycles. The molecule has 0 aliphatic heterocycles. The van der Waals surface area contributed by atoms with Gasteiger partial charge in [0.05, 0.1) is 6.61 Å². The second-order valence-corrected chi connectivity index (χ2v) is 24.6. The standard InChI is InChI=1S/C37H56O5Si2/c1-29-25-37(28-38,42-30(2)39)36(9,23-18-24-40-43(10,11)34(3,4)5)26-31(29)27-41-44(35(6,7)8,32-19-14-12-15-20-32)33-21-16-13-17-22-33/h12-17,19-22,26,28-29H,18,23-25,27H2,1-11H3/t29-,36-,37-/m0/s1. The lowest BCUT2D eigenvalue weighted by Gasteiger charge is -2.49. The molecule has 0 fully saturated rings. The summed E-state index contributed by atoms with van der Waals surface area (Å²) in [6.45, 7) is 24.7. The monoisotopic (exact) mass is 636 g/mol. The van der Waals surface area contributed by atoms with E-state index in [0.29, 0.717) is 26.1 Å². The normalized spacial score (nSPS) is 23.2. The maximum Gasteiger partial charge on any atom is 0.303 e. The Morgan fingerprint density at radius 1 is 0.909 bits per heavy atom. The number of benzene rings is 2. The number of ether oxygens (including phenoxy) is 1. The van der Waals surface area contributed by atoms with Crippen molar-refractivity contribution in [2.75, 3.05) is 13.2 Å². The van der Waals surface area contributed by atoms with Crippen LogP contribution >= 0.6 is 0 Å². The van der Waals surface area contributed by atoms with Crippen LogP contribution in [0.3, 0.4) is 0 Å². The quantitative estimate of drug-likeness (QED) is 0.0781. The van der Waals surface area contributed by atoms with E-state index in [9.17, 15) is 9.59 Å². The lowest BCUT2D eigenvalue weighted by atomic mass is 9.61. The Balaban J connectivity index is 2.03. The Morgan fingerprint density at radius 3 is 1.86 bits per heavy atom. The largest absolute Gasteiger partial charge is 0.451 e. The van der Waals surface area contributed by atoms with Crippen molar-refractivity contribution in [2.45, 2.75) is 110 Å². The van der Waals surface area contributed by atoms with Gasteiger partial charge in [0.25, 0.3) is 8.32 Å². The van der Waals surface area contributed by atoms with Crippen LogP contribution < -0.4 is 10.4 Å². The van der Waals surface area contributed by atoms with Crippen LogP contribution in [0.25, 0.3) is 0 Å². The van der Waals surface area contributed by atoms with Gasteiger partial charge in [0.15, 0.2) is 20.2 Å². The topological polar surface area (TPSA) is 61.8 Å². The van der Waals surface area contributed by atoms with Gasteiger partial charge in [-0.05, 0) is 57.9 Å². The maximum absolute atomic E-state index is 12.9. The van der Waals surface area contributed by atoms with E-state index in [-0.39, 0.29) is 16.0 Å². The van der Waals surface area contributed by atoms with Gasteiger partial charge in [-0.1, -0.05) is 122 Å². The molecule has 44 heavy (non-hydrogen) atoms. The SMILES string of the molecule is CC(=O)O[C@]1(C=O)C[C@H](C)C(CO[Si](c2ccccc2)(c2ccccc2)C(C)(C)C)=C[C@]1(C)CCCO[Si](C)(C)C(C)(C)C. The van der Waals surface area contributed by atoms with Gasteiger partial charge in [-0.25, -0.2) is 0 Å². The first-order valence-corrected chi connectivity index (χ1v) is 20.9. The first-order chi connectivity index (χ1) is 20.3. The van der Waals surface area contributed by atoms with Crippen molar-refractivity contribution in [3.63, 3.8) is 0 Å². The molecule has 2 aromatic rings. The molecule has 0 radical (unpaired) electrons. The molecule has 1 aliphatic rings. The van der Waals surface area contributed by atoms with E-state index in [0.717, 1.165) is 18.3 Å². The van der Waals surface area contributed by atoms with Gasteiger partial charge in [0.1, 0.15) is 0 Å². The highest BCUT2D eigenvalue weighted by Crippen LogP contribution is 2.50. The second-order valence-electron chi connectivity index (χ2n) is 15.5. The second kappa shape index (κ2) is 13.6. The molecule has 3 atom stereocenters. The first-order valence-electron chi connectivity index (χ1n) is 16.1. The third-order valence-corrected chi connectivity index (χ3v) is 19.7. The fourth-order valence-corrected chi connectivity index (χ4v) is 12.1. The van der Waals surface area contributed by atoms with Crippen molar-refractivity contribution in [2.24, 2.45) is 11.3 Å². The zero-order valence-corrected chi connectivity index (χ0v) is 31.1. The van der Waals surface area contributed by atoms with Gasteiger partial charge >= 0.3 is 5.97 Å². The van der Waals surface area contributed by atoms with E-state index in [1.807, 2.05) is 0 Å². The first kappa shape index (κ1) is 36.1. The molecule has 0 bridgehead atoms. The van der Waals surface area contributed by atoms with Crippen molar-refractivity contribution in [3.05, 3.63) is 72.3 Å². The molecule has 3 rings (SSSR count). The molecule has 0 unspecified atom stereocenters. The predicted octanol–water partition coefficient (Wildman–Crippen LogP) is 7.84. The van der Waals surface area contributed by atoms with Crippen LogP contribution in [0, 0.1) is 11.3 Å². The van der Waals surface area contributed by atoms with Gasteiger partial charge in [-0.2, -0.15) is 0 Å². The summed E-state index contributed by atoms with van der Waals surface area (Å²) >= 11 is 0. The zero-order valence-electron chi connectivity index (χ0n) is 29.1. The van der Waals surface area contributed by atoms with Crippen LogP contribution in [-0.4, -0.2) is 47.7 Å². The number of hydrogen-bond acceptors (Lipinski definition) is 5. The van der Waals surface area contributed by atoms with Crippen LogP contribution in [0.5, 0.6) is 0 Å². The Morgan fingerprint density at radius 2 is 1.43 bits per heavy atom. The van der Waals surface area contributed by atoms with Crippen LogP contribution in [0.1, 0.15) is 81.6 Å². The Bertz CT molecular complexity index is 1250. The Hall–Kier alpha value is -2.33. The number of rotatable bonds is 12. The molecule has 2 aromatic carbocycles. The molecule has 0 N–H and O–H groups in total. The van der Waals surface area contributed by atoms with Gasteiger partial charge < -0.3 is 13.6 Å². The van der Waals surface area contributed by atoms with E-state index >= 15 is 0 Å². The minimum absolute atomic E-state index is 0.00526. The Kier molecular flexibility index (Phi) is 11.2. The van der Waals surface area contributed by atoms with E-state index in [2.05, 4.69) is 135 Å². The molecule has 0 aromatic heterocycles. The van der Waals surface area contributed by atoms with Crippen molar-refractivity contribution in [1.82, 2.24) is 0 Å². The number of hydrogen-bond donors (Lipinski definition) is 0. The number of aldehydes is 1. The van der Waals surface area contributed by atoms with Crippen molar-refractivity contribution < 1.29 is 23.2 Å². The fourth-order valence-electron chi connectivity index (χ4n) is 6.52. The molecule has 0 spiro atoms. The molecular weight excluding hydrogens is 581 g/mol. The maximum atomic E-state index is 12.9. The summed E-state index contributed by atoms with van der Waals surface area (Å²) in [5, 5.41) is 2.43. The molecule has 5 nitrogen and oxygen atoms in total. The summed E-state index contributed by atoms with van der Waals surface area (Å²) < 4.78 is 19.7. The third kappa shape index (κ3) is 7.38. The minimum Gasteiger partial charge on any atom is -0.451 e. The average molecular weight is 637 g/mol. The Labute approximate surface area is 269 Å². The highest BCUT2D eigenvalue weighted by Gasteiger charge is 2.55. The summed E-state index contributed by atoms with van der Waals surface area (Å²) in [6.07, 6.45) is 4.90. The lowest BCUT2D eigenvalue weighted by molar-refractivity contribution is -0.176. The summed E-state index contributed by atoms with van der Waals surface area (Å²) in [4.78, 5) is 25.2. The van der Waals surface area contributed by atoms with Crippen molar-refractivity contribution in [1.29, 1.82) is 0 Å². The van der Waals surface area contributed by atoms with Crippen LogP contribution in [-0.2, 0) is 23.2 Å². The van der Waals surface area contributed by atoms with Gasteiger partial charge in [-0.3, -0.25) is 9.59 Å². The lowest BCUT2D eigenvalue weighted by Crippen LogP contribution is -2.66. The number of esters is 1. The van der Waals surface area contributed by atoms with Gasteiger partial charge in [0, 0.05) is 25.4 Å². The summed E-state index contributed by atoms with van der Waals surface area (Å²) in [6, 6.07) is 21.3. The van der Waals surface area contributed by atoms with Crippen LogP contribution in [0.4, 0.5) is 0 Å². The van der Waals surface area contributed by atoms with Crippen molar-refractivity contribution in [3.8, 4) is 0 Å². The van der Waals surface area contributed by atoms with E-state index in [1.54, 1.807) is 0 Å². The predicted molar refractivity (Wildman–Crippen MR) is 186 cm³/mol. The minimum atomic E-state index is -2.76. The average Bonchev–Trinajstić information content (AvgIpc) is 2.93. The summed E-state index contributed by atoms with van der Waals surface area (Å²) in [5.41, 5.74) is -0.792. The summed E-state index contributed by atoms with van der Waals surface area (Å²) in [7, 11) is -4.67. The van der Waals surface area contributed by atoms with E-state index in [4.69, 9.17) is 13.6 Å². The summed E-state index contributed by atoms with van der Waals surface area (Å²) in [5.74, 6) is -0.442.